The van der Waals surface area contributed by atoms with E-state index in [0.717, 1.165) is 27.8 Å². The quantitative estimate of drug-likeness (QED) is 0.634. The van der Waals surface area contributed by atoms with Crippen LogP contribution >= 0.6 is 11.6 Å². The zero-order chi connectivity index (χ0) is 18.9. The molecule has 136 valence electrons. The van der Waals surface area contributed by atoms with Gasteiger partial charge in [-0.3, -0.25) is 4.79 Å². The van der Waals surface area contributed by atoms with E-state index in [1.165, 1.54) is 7.11 Å². The molecule has 0 spiro atoms. The zero-order valence-corrected chi connectivity index (χ0v) is 16.2. The lowest BCUT2D eigenvalue weighted by atomic mass is 9.85. The number of hydrogen-bond donors (Lipinski definition) is 0. The van der Waals surface area contributed by atoms with Crippen molar-refractivity contribution in [1.82, 2.24) is 15.0 Å². The second-order valence-electron chi connectivity index (χ2n) is 7.34. The molecular formula is C20H22ClN3O2. The Kier molecular flexibility index (Phi) is 5.01. The van der Waals surface area contributed by atoms with Crippen molar-refractivity contribution in [2.45, 2.75) is 39.0 Å². The first-order valence-corrected chi connectivity index (χ1v) is 8.88. The van der Waals surface area contributed by atoms with Crippen LogP contribution in [0.25, 0.3) is 16.7 Å². The number of halogens is 1. The van der Waals surface area contributed by atoms with E-state index in [9.17, 15) is 4.79 Å². The summed E-state index contributed by atoms with van der Waals surface area (Å²) in [5.74, 6) is -0.217. The fourth-order valence-corrected chi connectivity index (χ4v) is 2.88. The van der Waals surface area contributed by atoms with Gasteiger partial charge in [-0.2, -0.15) is 4.80 Å². The number of benzene rings is 2. The number of methoxy groups -OCH3 is 1. The molecule has 0 saturated heterocycles. The summed E-state index contributed by atoms with van der Waals surface area (Å²) in [5, 5.41) is 9.74. The molecule has 0 saturated carbocycles. The van der Waals surface area contributed by atoms with Gasteiger partial charge in [-0.25, -0.2) is 0 Å². The van der Waals surface area contributed by atoms with Gasteiger partial charge in [0.1, 0.15) is 11.0 Å². The number of nitrogens with zero attached hydrogens (tertiary/aromatic N) is 3. The van der Waals surface area contributed by atoms with E-state index >= 15 is 0 Å². The summed E-state index contributed by atoms with van der Waals surface area (Å²) in [5.41, 5.74) is 4.57. The molecule has 2 aromatic carbocycles. The van der Waals surface area contributed by atoms with E-state index in [1.54, 1.807) is 16.9 Å². The van der Waals surface area contributed by atoms with Gasteiger partial charge in [0.05, 0.1) is 12.8 Å². The summed E-state index contributed by atoms with van der Waals surface area (Å²) in [6, 6.07) is 11.7. The Bertz CT molecular complexity index is 957. The normalized spacial score (nSPS) is 11.7. The molecule has 0 aliphatic carbocycles. The Labute approximate surface area is 157 Å². The van der Waals surface area contributed by atoms with E-state index in [-0.39, 0.29) is 11.4 Å². The fraction of sp³-hybridized carbons (Fsp3) is 0.350. The summed E-state index contributed by atoms with van der Waals surface area (Å²) in [6.45, 7) is 6.47. The molecule has 1 aromatic heterocycles. The van der Waals surface area contributed by atoms with Crippen molar-refractivity contribution in [3.63, 3.8) is 0 Å². The molecule has 0 aliphatic rings. The molecule has 26 heavy (non-hydrogen) atoms. The van der Waals surface area contributed by atoms with Crippen molar-refractivity contribution in [1.29, 1.82) is 0 Å². The van der Waals surface area contributed by atoms with Crippen LogP contribution in [0.3, 0.4) is 0 Å². The number of ether oxygens (including phenoxy) is 1. The Balaban J connectivity index is 2.04. The molecular weight excluding hydrogens is 350 g/mol. The SMILES string of the molecule is COC(=O)CCc1cc(-n2nc3ccc(Cl)cc3n2)cc(C(C)(C)C)c1. The van der Waals surface area contributed by atoms with Crippen LogP contribution < -0.4 is 0 Å². The van der Waals surface area contributed by atoms with E-state index in [1.807, 2.05) is 12.1 Å². The molecule has 6 heteroatoms. The van der Waals surface area contributed by atoms with Gasteiger partial charge in [-0.05, 0) is 53.3 Å². The number of aromatic nitrogens is 3. The standard InChI is InChI=1S/C20H22ClN3O2/c1-20(2,3)14-9-13(5-8-19(25)26-4)10-16(11-14)24-22-17-7-6-15(21)12-18(17)23-24/h6-7,9-12H,5,8H2,1-4H3. The molecule has 0 amide bonds. The second kappa shape index (κ2) is 7.08. The molecule has 3 aromatic rings. The maximum atomic E-state index is 11.5. The number of aryl methyl sites for hydroxylation is 1. The van der Waals surface area contributed by atoms with Crippen LogP contribution in [-0.2, 0) is 21.4 Å². The summed E-state index contributed by atoms with van der Waals surface area (Å²) < 4.78 is 4.75. The lowest BCUT2D eigenvalue weighted by molar-refractivity contribution is -0.140. The van der Waals surface area contributed by atoms with Crippen molar-refractivity contribution < 1.29 is 9.53 Å². The van der Waals surface area contributed by atoms with Crippen molar-refractivity contribution in [2.24, 2.45) is 0 Å². The fourth-order valence-electron chi connectivity index (χ4n) is 2.72. The minimum atomic E-state index is -0.217. The molecule has 1 heterocycles. The maximum absolute atomic E-state index is 11.5. The molecule has 3 rings (SSSR count). The number of esters is 1. The van der Waals surface area contributed by atoms with Crippen LogP contribution in [0.2, 0.25) is 5.02 Å². The lowest BCUT2D eigenvalue weighted by Gasteiger charge is -2.21. The second-order valence-corrected chi connectivity index (χ2v) is 7.77. The van der Waals surface area contributed by atoms with Crippen LogP contribution in [0.1, 0.15) is 38.3 Å². The molecule has 0 unspecified atom stereocenters. The van der Waals surface area contributed by atoms with E-state index in [0.29, 0.717) is 17.9 Å². The van der Waals surface area contributed by atoms with Crippen LogP contribution in [-0.4, -0.2) is 28.1 Å². The highest BCUT2D eigenvalue weighted by molar-refractivity contribution is 6.31. The van der Waals surface area contributed by atoms with Gasteiger partial charge in [-0.15, -0.1) is 10.2 Å². The minimum absolute atomic E-state index is 0.0358. The Hall–Kier alpha value is -2.40. The Morgan fingerprint density at radius 1 is 1.12 bits per heavy atom. The van der Waals surface area contributed by atoms with Gasteiger partial charge in [0, 0.05) is 11.4 Å². The average molecular weight is 372 g/mol. The Morgan fingerprint density at radius 2 is 1.85 bits per heavy atom. The lowest BCUT2D eigenvalue weighted by Crippen LogP contribution is -2.13. The smallest absolute Gasteiger partial charge is 0.305 e. The molecule has 0 N–H and O–H groups in total. The van der Waals surface area contributed by atoms with Gasteiger partial charge in [0.15, 0.2) is 0 Å². The summed E-state index contributed by atoms with van der Waals surface area (Å²) >= 11 is 6.05. The van der Waals surface area contributed by atoms with Gasteiger partial charge in [0.2, 0.25) is 0 Å². The predicted octanol–water partition coefficient (Wildman–Crippen LogP) is 4.48. The number of carbonyl (C=O) groups excluding carboxylic acids is 1. The monoisotopic (exact) mass is 371 g/mol. The third-order valence-corrected chi connectivity index (χ3v) is 4.50. The summed E-state index contributed by atoms with van der Waals surface area (Å²) in [6.07, 6.45) is 0.948. The van der Waals surface area contributed by atoms with Gasteiger partial charge < -0.3 is 4.74 Å². The molecule has 0 aliphatic heterocycles. The highest BCUT2D eigenvalue weighted by Gasteiger charge is 2.17. The highest BCUT2D eigenvalue weighted by atomic mass is 35.5. The Morgan fingerprint density at radius 3 is 2.54 bits per heavy atom. The average Bonchev–Trinajstić information content (AvgIpc) is 3.01. The topological polar surface area (TPSA) is 57.0 Å². The van der Waals surface area contributed by atoms with E-state index < -0.39 is 0 Å². The zero-order valence-electron chi connectivity index (χ0n) is 15.4. The van der Waals surface area contributed by atoms with E-state index in [2.05, 4.69) is 43.1 Å². The largest absolute Gasteiger partial charge is 0.469 e. The van der Waals surface area contributed by atoms with E-state index in [4.69, 9.17) is 16.3 Å². The van der Waals surface area contributed by atoms with Crippen LogP contribution in [0, 0.1) is 0 Å². The third kappa shape index (κ3) is 4.05. The van der Waals surface area contributed by atoms with Crippen molar-refractivity contribution in [2.75, 3.05) is 7.11 Å². The highest BCUT2D eigenvalue weighted by Crippen LogP contribution is 2.27. The molecule has 5 nitrogen and oxygen atoms in total. The van der Waals surface area contributed by atoms with Gasteiger partial charge in [0.25, 0.3) is 0 Å². The number of rotatable bonds is 4. The van der Waals surface area contributed by atoms with Crippen molar-refractivity contribution in [3.05, 3.63) is 52.5 Å². The molecule has 0 bridgehead atoms. The first-order valence-electron chi connectivity index (χ1n) is 8.50. The van der Waals surface area contributed by atoms with Gasteiger partial charge in [-0.1, -0.05) is 38.4 Å². The number of hydrogen-bond acceptors (Lipinski definition) is 4. The number of fused-ring (bicyclic) bond motifs is 1. The molecule has 0 fully saturated rings. The van der Waals surface area contributed by atoms with Crippen LogP contribution in [0.5, 0.6) is 0 Å². The third-order valence-electron chi connectivity index (χ3n) is 4.26. The van der Waals surface area contributed by atoms with Crippen LogP contribution in [0.4, 0.5) is 0 Å². The van der Waals surface area contributed by atoms with Crippen LogP contribution in [0.15, 0.2) is 36.4 Å². The summed E-state index contributed by atoms with van der Waals surface area (Å²) in [7, 11) is 1.41. The molecule has 0 radical (unpaired) electrons. The van der Waals surface area contributed by atoms with Gasteiger partial charge >= 0.3 is 5.97 Å². The van der Waals surface area contributed by atoms with Crippen molar-refractivity contribution >= 4 is 28.6 Å². The minimum Gasteiger partial charge on any atom is -0.469 e. The molecule has 0 atom stereocenters. The van der Waals surface area contributed by atoms with Crippen molar-refractivity contribution in [3.8, 4) is 5.69 Å². The maximum Gasteiger partial charge on any atom is 0.305 e. The first kappa shape index (κ1) is 18.4. The first-order chi connectivity index (χ1) is 12.3. The summed E-state index contributed by atoms with van der Waals surface area (Å²) in [4.78, 5) is 13.1. The number of carbonyl (C=O) groups is 1. The predicted molar refractivity (Wildman–Crippen MR) is 103 cm³/mol.